The van der Waals surface area contributed by atoms with Gasteiger partial charge in [-0.05, 0) is 36.2 Å². The molecule has 0 atom stereocenters. The first-order valence-electron chi connectivity index (χ1n) is 5.39. The standard InChI is InChI=1S/C13H13N3O2/c1-8-6-11(9-2-4-10(14)5-3-9)13(16(17)18)7-12(8)15/h2-7H,14-15H2,1H3. The molecule has 18 heavy (non-hydrogen) atoms. The minimum absolute atomic E-state index is 0.00266. The average Bonchev–Trinajstić information content (AvgIpc) is 2.33. The van der Waals surface area contributed by atoms with Gasteiger partial charge < -0.3 is 11.5 Å². The first kappa shape index (κ1) is 11.9. The number of rotatable bonds is 2. The third-order valence-electron chi connectivity index (χ3n) is 2.80. The molecule has 0 bridgehead atoms. The SMILES string of the molecule is Cc1cc(-c2ccc(N)cc2)c([N+](=O)[O-])cc1N. The highest BCUT2D eigenvalue weighted by atomic mass is 16.6. The number of benzene rings is 2. The molecule has 0 fully saturated rings. The number of nitrogens with two attached hydrogens (primary N) is 2. The molecule has 0 aliphatic rings. The van der Waals surface area contributed by atoms with E-state index in [0.29, 0.717) is 16.9 Å². The van der Waals surface area contributed by atoms with Gasteiger partial charge in [0, 0.05) is 17.4 Å². The van der Waals surface area contributed by atoms with Crippen molar-refractivity contribution in [2.45, 2.75) is 6.92 Å². The minimum atomic E-state index is -0.429. The van der Waals surface area contributed by atoms with E-state index in [1.165, 1.54) is 6.07 Å². The van der Waals surface area contributed by atoms with Crippen LogP contribution in [0.4, 0.5) is 17.1 Å². The van der Waals surface area contributed by atoms with E-state index in [1.54, 1.807) is 30.3 Å². The number of hydrogen-bond donors (Lipinski definition) is 2. The van der Waals surface area contributed by atoms with Crippen molar-refractivity contribution in [1.82, 2.24) is 0 Å². The van der Waals surface area contributed by atoms with Gasteiger partial charge in [0.2, 0.25) is 0 Å². The zero-order chi connectivity index (χ0) is 13.3. The van der Waals surface area contributed by atoms with Crippen LogP contribution in [0.2, 0.25) is 0 Å². The molecular weight excluding hydrogens is 230 g/mol. The maximum atomic E-state index is 11.1. The Morgan fingerprint density at radius 3 is 2.28 bits per heavy atom. The van der Waals surface area contributed by atoms with Gasteiger partial charge in [0.15, 0.2) is 0 Å². The maximum Gasteiger partial charge on any atom is 0.279 e. The summed E-state index contributed by atoms with van der Waals surface area (Å²) in [5.74, 6) is 0. The lowest BCUT2D eigenvalue weighted by molar-refractivity contribution is -0.384. The van der Waals surface area contributed by atoms with E-state index < -0.39 is 4.92 Å². The molecule has 2 aromatic rings. The van der Waals surface area contributed by atoms with Gasteiger partial charge in [-0.25, -0.2) is 0 Å². The lowest BCUT2D eigenvalue weighted by atomic mass is 10.00. The van der Waals surface area contributed by atoms with Crippen LogP contribution >= 0.6 is 0 Å². The molecule has 2 rings (SSSR count). The average molecular weight is 243 g/mol. The van der Waals surface area contributed by atoms with Crippen molar-refractivity contribution in [2.24, 2.45) is 0 Å². The Morgan fingerprint density at radius 1 is 1.11 bits per heavy atom. The van der Waals surface area contributed by atoms with Gasteiger partial charge in [-0.3, -0.25) is 10.1 Å². The Morgan fingerprint density at radius 2 is 1.72 bits per heavy atom. The van der Waals surface area contributed by atoms with Gasteiger partial charge >= 0.3 is 0 Å². The Bertz CT molecular complexity index is 606. The molecule has 0 amide bonds. The Hall–Kier alpha value is -2.56. The van der Waals surface area contributed by atoms with Gasteiger partial charge in [0.1, 0.15) is 0 Å². The van der Waals surface area contributed by atoms with Crippen LogP contribution in [0.15, 0.2) is 36.4 Å². The number of nitrogen functional groups attached to an aromatic ring is 2. The molecular formula is C13H13N3O2. The predicted molar refractivity (Wildman–Crippen MR) is 72.1 cm³/mol. The second-order valence-corrected chi connectivity index (χ2v) is 4.11. The van der Waals surface area contributed by atoms with Crippen molar-refractivity contribution >= 4 is 17.1 Å². The first-order chi connectivity index (χ1) is 8.49. The van der Waals surface area contributed by atoms with Crippen LogP contribution in [-0.2, 0) is 0 Å². The highest BCUT2D eigenvalue weighted by molar-refractivity contribution is 5.78. The van der Waals surface area contributed by atoms with E-state index in [2.05, 4.69) is 0 Å². The van der Waals surface area contributed by atoms with Gasteiger partial charge in [0.25, 0.3) is 5.69 Å². The number of nitro groups is 1. The van der Waals surface area contributed by atoms with Crippen molar-refractivity contribution in [3.8, 4) is 11.1 Å². The van der Waals surface area contributed by atoms with E-state index in [9.17, 15) is 10.1 Å². The van der Waals surface area contributed by atoms with E-state index >= 15 is 0 Å². The van der Waals surface area contributed by atoms with E-state index in [4.69, 9.17) is 11.5 Å². The van der Waals surface area contributed by atoms with Gasteiger partial charge in [0.05, 0.1) is 10.5 Å². The van der Waals surface area contributed by atoms with Gasteiger partial charge in [-0.15, -0.1) is 0 Å². The molecule has 4 N–H and O–H groups in total. The van der Waals surface area contributed by atoms with Gasteiger partial charge in [-0.2, -0.15) is 0 Å². The number of anilines is 2. The summed E-state index contributed by atoms with van der Waals surface area (Å²) in [6.07, 6.45) is 0. The van der Waals surface area contributed by atoms with Crippen molar-refractivity contribution in [1.29, 1.82) is 0 Å². The molecule has 0 saturated heterocycles. The summed E-state index contributed by atoms with van der Waals surface area (Å²) in [7, 11) is 0. The van der Waals surface area contributed by atoms with Crippen LogP contribution < -0.4 is 11.5 Å². The quantitative estimate of drug-likeness (QED) is 0.481. The molecule has 0 aromatic heterocycles. The van der Waals surface area contributed by atoms with E-state index in [0.717, 1.165) is 11.1 Å². The second-order valence-electron chi connectivity index (χ2n) is 4.11. The number of nitro benzene ring substituents is 1. The normalized spacial score (nSPS) is 10.3. The molecule has 0 heterocycles. The summed E-state index contributed by atoms with van der Waals surface area (Å²) >= 11 is 0. The second kappa shape index (κ2) is 4.37. The topological polar surface area (TPSA) is 95.2 Å². The molecule has 92 valence electrons. The summed E-state index contributed by atoms with van der Waals surface area (Å²) in [6.45, 7) is 1.82. The number of hydrogen-bond acceptors (Lipinski definition) is 4. The van der Waals surface area contributed by atoms with Crippen molar-refractivity contribution in [3.05, 3.63) is 52.1 Å². The molecule has 0 radical (unpaired) electrons. The Kier molecular flexibility index (Phi) is 2.89. The number of aryl methyl sites for hydroxylation is 1. The van der Waals surface area contributed by atoms with Crippen LogP contribution in [0.3, 0.4) is 0 Å². The number of nitrogens with zero attached hydrogens (tertiary/aromatic N) is 1. The van der Waals surface area contributed by atoms with Crippen LogP contribution in [-0.4, -0.2) is 4.92 Å². The molecule has 2 aromatic carbocycles. The van der Waals surface area contributed by atoms with Crippen molar-refractivity contribution < 1.29 is 4.92 Å². The molecule has 0 aliphatic carbocycles. The fraction of sp³-hybridized carbons (Fsp3) is 0.0769. The summed E-state index contributed by atoms with van der Waals surface area (Å²) < 4.78 is 0. The Balaban J connectivity index is 2.65. The van der Waals surface area contributed by atoms with Crippen molar-refractivity contribution in [2.75, 3.05) is 11.5 Å². The molecule has 5 nitrogen and oxygen atoms in total. The third kappa shape index (κ3) is 2.10. The lowest BCUT2D eigenvalue weighted by Crippen LogP contribution is -1.97. The van der Waals surface area contributed by atoms with E-state index in [-0.39, 0.29) is 5.69 Å². The molecule has 0 saturated carbocycles. The van der Waals surface area contributed by atoms with Crippen LogP contribution in [0.5, 0.6) is 0 Å². The van der Waals surface area contributed by atoms with Crippen LogP contribution in [0.25, 0.3) is 11.1 Å². The van der Waals surface area contributed by atoms with E-state index in [1.807, 2.05) is 6.92 Å². The summed E-state index contributed by atoms with van der Waals surface area (Å²) in [5.41, 5.74) is 14.5. The zero-order valence-electron chi connectivity index (χ0n) is 9.88. The lowest BCUT2D eigenvalue weighted by Gasteiger charge is -2.07. The first-order valence-corrected chi connectivity index (χ1v) is 5.39. The fourth-order valence-corrected chi connectivity index (χ4v) is 1.76. The van der Waals surface area contributed by atoms with Crippen LogP contribution in [0, 0.1) is 17.0 Å². The molecule has 0 spiro atoms. The highest BCUT2D eigenvalue weighted by Gasteiger charge is 2.17. The maximum absolute atomic E-state index is 11.1. The van der Waals surface area contributed by atoms with Gasteiger partial charge in [-0.1, -0.05) is 12.1 Å². The zero-order valence-corrected chi connectivity index (χ0v) is 9.88. The summed E-state index contributed by atoms with van der Waals surface area (Å²) in [5, 5.41) is 11.1. The van der Waals surface area contributed by atoms with Crippen molar-refractivity contribution in [3.63, 3.8) is 0 Å². The largest absolute Gasteiger partial charge is 0.399 e. The summed E-state index contributed by atoms with van der Waals surface area (Å²) in [6, 6.07) is 10.1. The predicted octanol–water partition coefficient (Wildman–Crippen LogP) is 2.73. The fourth-order valence-electron chi connectivity index (χ4n) is 1.76. The third-order valence-corrected chi connectivity index (χ3v) is 2.80. The van der Waals surface area contributed by atoms with Crippen LogP contribution in [0.1, 0.15) is 5.56 Å². The summed E-state index contributed by atoms with van der Waals surface area (Å²) in [4.78, 5) is 10.6. The monoisotopic (exact) mass is 243 g/mol. The molecule has 5 heteroatoms. The molecule has 0 aliphatic heterocycles. The smallest absolute Gasteiger partial charge is 0.279 e. The minimum Gasteiger partial charge on any atom is -0.399 e. The Labute approximate surface area is 104 Å². The highest BCUT2D eigenvalue weighted by Crippen LogP contribution is 2.33. The molecule has 0 unspecified atom stereocenters.